The Balaban J connectivity index is 1.53. The highest BCUT2D eigenvalue weighted by atomic mass is 19.1. The van der Waals surface area contributed by atoms with Gasteiger partial charge in [0, 0.05) is 25.7 Å². The van der Waals surface area contributed by atoms with E-state index in [9.17, 15) is 9.18 Å². The smallest absolute Gasteiger partial charge is 0.255 e. The fourth-order valence-electron chi connectivity index (χ4n) is 3.20. The van der Waals surface area contributed by atoms with Gasteiger partial charge in [0.2, 0.25) is 17.7 Å². The van der Waals surface area contributed by atoms with Crippen LogP contribution in [0.2, 0.25) is 0 Å². The summed E-state index contributed by atoms with van der Waals surface area (Å²) in [7, 11) is 0. The fraction of sp³-hybridized carbons (Fsp3) is 0.556. The van der Waals surface area contributed by atoms with Gasteiger partial charge in [0.15, 0.2) is 0 Å². The Morgan fingerprint density at radius 2 is 2.11 bits per heavy atom. The first-order valence-electron chi connectivity index (χ1n) is 9.25. The zero-order valence-electron chi connectivity index (χ0n) is 15.6. The van der Waals surface area contributed by atoms with Crippen LogP contribution in [0, 0.1) is 11.7 Å². The zero-order valence-corrected chi connectivity index (χ0v) is 15.6. The largest absolute Gasteiger partial charge is 0.475 e. The van der Waals surface area contributed by atoms with Crippen molar-refractivity contribution < 1.29 is 13.9 Å². The summed E-state index contributed by atoms with van der Waals surface area (Å²) in [4.78, 5) is 19.2. The molecule has 1 aliphatic rings. The predicted molar refractivity (Wildman–Crippen MR) is 98.2 cm³/mol. The second-order valence-electron chi connectivity index (χ2n) is 6.79. The molecule has 0 saturated heterocycles. The summed E-state index contributed by atoms with van der Waals surface area (Å²) < 4.78 is 21.4. The van der Waals surface area contributed by atoms with E-state index in [0.717, 1.165) is 44.1 Å². The predicted octanol–water partition coefficient (Wildman–Crippen LogP) is 2.65. The molecule has 0 spiro atoms. The molecule has 0 atom stereocenters. The monoisotopic (exact) mass is 376 g/mol. The van der Waals surface area contributed by atoms with Gasteiger partial charge in [-0.25, -0.2) is 4.98 Å². The van der Waals surface area contributed by atoms with Crippen LogP contribution >= 0.6 is 0 Å². The number of nitrogens with one attached hydrogen (secondary N) is 2. The second-order valence-corrected chi connectivity index (χ2v) is 6.79. The van der Waals surface area contributed by atoms with Crippen molar-refractivity contribution in [3.8, 4) is 5.88 Å². The van der Waals surface area contributed by atoms with E-state index in [1.165, 1.54) is 6.92 Å². The van der Waals surface area contributed by atoms with E-state index in [-0.39, 0.29) is 23.8 Å². The van der Waals surface area contributed by atoms with Crippen molar-refractivity contribution in [3.63, 3.8) is 0 Å². The van der Waals surface area contributed by atoms with Crippen molar-refractivity contribution >= 4 is 17.5 Å². The lowest BCUT2D eigenvalue weighted by atomic mass is 9.86. The van der Waals surface area contributed by atoms with E-state index in [1.807, 2.05) is 13.1 Å². The van der Waals surface area contributed by atoms with Gasteiger partial charge in [0.1, 0.15) is 0 Å². The van der Waals surface area contributed by atoms with Crippen molar-refractivity contribution in [1.29, 1.82) is 0 Å². The molecule has 0 radical (unpaired) electrons. The molecule has 0 aliphatic heterocycles. The van der Waals surface area contributed by atoms with Crippen LogP contribution in [0.5, 0.6) is 5.88 Å². The van der Waals surface area contributed by atoms with Crippen molar-refractivity contribution in [2.45, 2.75) is 52.1 Å². The van der Waals surface area contributed by atoms with Gasteiger partial charge in [-0.05, 0) is 38.5 Å². The molecule has 3 rings (SSSR count). The lowest BCUT2D eigenvalue weighted by molar-refractivity contribution is -0.119. The fourth-order valence-corrected chi connectivity index (χ4v) is 3.20. The van der Waals surface area contributed by atoms with Gasteiger partial charge < -0.3 is 15.4 Å². The van der Waals surface area contributed by atoms with E-state index in [0.29, 0.717) is 12.5 Å². The van der Waals surface area contributed by atoms with Gasteiger partial charge in [-0.1, -0.05) is 0 Å². The van der Waals surface area contributed by atoms with Crippen molar-refractivity contribution in [3.05, 3.63) is 24.4 Å². The van der Waals surface area contributed by atoms with Crippen LogP contribution < -0.4 is 15.4 Å². The minimum atomic E-state index is -0.586. The number of hydrogen-bond donors (Lipinski definition) is 2. The summed E-state index contributed by atoms with van der Waals surface area (Å²) >= 11 is 0. The molecular formula is C18H25FN6O2. The molecular weight excluding hydrogens is 351 g/mol. The molecule has 1 saturated carbocycles. The highest BCUT2D eigenvalue weighted by Crippen LogP contribution is 2.26. The molecule has 0 bridgehead atoms. The number of aryl methyl sites for hydroxylation is 1. The molecule has 1 aliphatic carbocycles. The third-order valence-corrected chi connectivity index (χ3v) is 4.64. The Bertz CT molecular complexity index is 773. The first-order chi connectivity index (χ1) is 13.0. The molecule has 1 amide bonds. The van der Waals surface area contributed by atoms with E-state index in [4.69, 9.17) is 4.74 Å². The third-order valence-electron chi connectivity index (χ3n) is 4.64. The normalized spacial score (nSPS) is 19.5. The van der Waals surface area contributed by atoms with E-state index >= 15 is 0 Å². The molecule has 2 heterocycles. The second kappa shape index (κ2) is 8.79. The SMILES string of the molecule is CCn1cc(Nc2ncc(F)c(OCC3CCC(NC(C)=O)CC3)n2)cn1. The minimum absolute atomic E-state index is 0.00210. The summed E-state index contributed by atoms with van der Waals surface area (Å²) in [6.45, 7) is 4.67. The van der Waals surface area contributed by atoms with Gasteiger partial charge in [0.05, 0.1) is 24.7 Å². The minimum Gasteiger partial charge on any atom is -0.475 e. The topological polar surface area (TPSA) is 94.0 Å². The molecule has 0 unspecified atom stereocenters. The van der Waals surface area contributed by atoms with Gasteiger partial charge in [0.25, 0.3) is 5.88 Å². The van der Waals surface area contributed by atoms with Gasteiger partial charge in [-0.3, -0.25) is 9.48 Å². The van der Waals surface area contributed by atoms with Crippen molar-refractivity contribution in [1.82, 2.24) is 25.1 Å². The maximum absolute atomic E-state index is 14.0. The zero-order chi connectivity index (χ0) is 19.2. The van der Waals surface area contributed by atoms with Gasteiger partial charge in [-0.2, -0.15) is 14.5 Å². The van der Waals surface area contributed by atoms with Crippen LogP contribution in [0.1, 0.15) is 39.5 Å². The number of ether oxygens (including phenoxy) is 1. The number of halogens is 1. The average molecular weight is 376 g/mol. The third kappa shape index (κ3) is 5.38. The Morgan fingerprint density at radius 1 is 1.33 bits per heavy atom. The van der Waals surface area contributed by atoms with Gasteiger partial charge in [-0.15, -0.1) is 0 Å². The number of aromatic nitrogens is 4. The molecule has 2 aromatic rings. The number of carbonyl (C=O) groups is 1. The van der Waals surface area contributed by atoms with Gasteiger partial charge >= 0.3 is 0 Å². The quantitative estimate of drug-likeness (QED) is 0.772. The number of nitrogens with zero attached hydrogens (tertiary/aromatic N) is 4. The first-order valence-corrected chi connectivity index (χ1v) is 9.25. The number of anilines is 2. The Kier molecular flexibility index (Phi) is 6.20. The van der Waals surface area contributed by atoms with E-state index in [1.54, 1.807) is 10.9 Å². The van der Waals surface area contributed by atoms with Crippen LogP contribution in [0.4, 0.5) is 16.0 Å². The number of rotatable bonds is 7. The van der Waals surface area contributed by atoms with Crippen LogP contribution in [0.15, 0.2) is 18.6 Å². The summed E-state index contributed by atoms with van der Waals surface area (Å²) in [6, 6.07) is 0.231. The molecule has 8 nitrogen and oxygen atoms in total. The summed E-state index contributed by atoms with van der Waals surface area (Å²) in [5.41, 5.74) is 0.728. The van der Waals surface area contributed by atoms with Crippen molar-refractivity contribution in [2.75, 3.05) is 11.9 Å². The highest BCUT2D eigenvalue weighted by Gasteiger charge is 2.22. The Labute approximate surface area is 157 Å². The van der Waals surface area contributed by atoms with Crippen molar-refractivity contribution in [2.24, 2.45) is 5.92 Å². The number of hydrogen-bond acceptors (Lipinski definition) is 6. The maximum atomic E-state index is 14.0. The number of carbonyl (C=O) groups excluding carboxylic acids is 1. The number of amides is 1. The van der Waals surface area contributed by atoms with E-state index in [2.05, 4.69) is 25.7 Å². The molecule has 1 fully saturated rings. The molecule has 2 aromatic heterocycles. The summed E-state index contributed by atoms with van der Waals surface area (Å²) in [5, 5.41) is 10.1. The van der Waals surface area contributed by atoms with Crippen LogP contribution in [-0.4, -0.2) is 38.3 Å². The highest BCUT2D eigenvalue weighted by molar-refractivity contribution is 5.73. The van der Waals surface area contributed by atoms with Crippen LogP contribution in [0.25, 0.3) is 0 Å². The molecule has 9 heteroatoms. The van der Waals surface area contributed by atoms with Crippen LogP contribution in [0.3, 0.4) is 0 Å². The summed E-state index contributed by atoms with van der Waals surface area (Å²) in [5.74, 6) is -0.0571. The lowest BCUT2D eigenvalue weighted by Gasteiger charge is -2.28. The Hall–Kier alpha value is -2.71. The molecule has 27 heavy (non-hydrogen) atoms. The first kappa shape index (κ1) is 19.1. The standard InChI is InChI=1S/C18H25FN6O2/c1-3-25-10-15(8-21-25)23-18-20-9-16(19)17(24-18)27-11-13-4-6-14(7-5-13)22-12(2)26/h8-10,13-14H,3-7,11H2,1-2H3,(H,22,26)(H,20,23,24). The summed E-state index contributed by atoms with van der Waals surface area (Å²) in [6.07, 6.45) is 8.26. The lowest BCUT2D eigenvalue weighted by Crippen LogP contribution is -2.37. The molecule has 0 aromatic carbocycles. The maximum Gasteiger partial charge on any atom is 0.255 e. The molecule has 2 N–H and O–H groups in total. The van der Waals surface area contributed by atoms with E-state index < -0.39 is 5.82 Å². The average Bonchev–Trinajstić information content (AvgIpc) is 3.10. The Morgan fingerprint density at radius 3 is 2.78 bits per heavy atom. The molecule has 146 valence electrons. The van der Waals surface area contributed by atoms with Crippen LogP contribution in [-0.2, 0) is 11.3 Å².